The summed E-state index contributed by atoms with van der Waals surface area (Å²) >= 11 is 0. The van der Waals surface area contributed by atoms with Gasteiger partial charge in [0.1, 0.15) is 0 Å². The first-order valence-corrected chi connectivity index (χ1v) is 14.1. The van der Waals surface area contributed by atoms with Crippen molar-refractivity contribution >= 4 is 10.1 Å². The Morgan fingerprint density at radius 3 is 1.31 bits per heavy atom. The Morgan fingerprint density at radius 1 is 0.586 bits per heavy atom. The van der Waals surface area contributed by atoms with Gasteiger partial charge in [-0.05, 0) is 19.3 Å². The van der Waals surface area contributed by atoms with E-state index in [1.54, 1.807) is 0 Å². The lowest BCUT2D eigenvalue weighted by molar-refractivity contribution is 0.146. The van der Waals surface area contributed by atoms with Crippen LogP contribution in [0.15, 0.2) is 0 Å². The number of rotatable bonds is 22. The summed E-state index contributed by atoms with van der Waals surface area (Å²) in [6.45, 7) is 4.43. The summed E-state index contributed by atoms with van der Waals surface area (Å²) < 4.78 is 32.8. The van der Waals surface area contributed by atoms with E-state index < -0.39 is 21.5 Å². The van der Waals surface area contributed by atoms with Crippen LogP contribution < -0.4 is 0 Å². The van der Waals surface area contributed by atoms with Crippen molar-refractivity contribution in [1.29, 1.82) is 0 Å². The second kappa shape index (κ2) is 19.8. The quantitative estimate of drug-likeness (QED) is 0.137. The molecule has 0 aliphatic heterocycles. The molecule has 0 aromatic heterocycles. The normalized spacial score (nSPS) is 14.2. The van der Waals surface area contributed by atoms with Crippen LogP contribution in [-0.2, 0) is 10.1 Å². The van der Waals surface area contributed by atoms with Crippen LogP contribution in [0.5, 0.6) is 0 Å². The second-order valence-electron chi connectivity index (χ2n) is 8.91. The highest BCUT2D eigenvalue weighted by atomic mass is 32.2. The molecule has 0 amide bonds. The van der Waals surface area contributed by atoms with E-state index in [9.17, 15) is 18.1 Å². The zero-order chi connectivity index (χ0) is 21.8. The zero-order valence-corrected chi connectivity index (χ0v) is 20.2. The van der Waals surface area contributed by atoms with Gasteiger partial charge in [0.05, 0.1) is 11.4 Å². The summed E-state index contributed by atoms with van der Waals surface area (Å²) in [5, 5.41) is 9.42. The number of hydrogen-bond acceptors (Lipinski definition) is 3. The largest absolute Gasteiger partial charge is 0.393 e. The molecule has 2 N–H and O–H groups in total. The minimum absolute atomic E-state index is 0.173. The highest BCUT2D eigenvalue weighted by Gasteiger charge is 2.25. The molecule has 0 aromatic carbocycles. The molecule has 0 rings (SSSR count). The van der Waals surface area contributed by atoms with Gasteiger partial charge in [0.15, 0.2) is 0 Å². The van der Waals surface area contributed by atoms with Crippen LogP contribution >= 0.6 is 0 Å². The predicted octanol–water partition coefficient (Wildman–Crippen LogP) is 7.45. The molecular weight excluding hydrogens is 384 g/mol. The summed E-state index contributed by atoms with van der Waals surface area (Å²) in [6, 6.07) is 0. The topological polar surface area (TPSA) is 74.6 Å². The molecule has 5 heteroatoms. The molecule has 0 heterocycles. The van der Waals surface area contributed by atoms with Crippen molar-refractivity contribution < 1.29 is 18.1 Å². The van der Waals surface area contributed by atoms with Crippen LogP contribution in [0.2, 0.25) is 0 Å². The fourth-order valence-corrected chi connectivity index (χ4v) is 4.94. The molecule has 0 fully saturated rings. The maximum atomic E-state index is 11.7. The second-order valence-corrected chi connectivity index (χ2v) is 10.6. The van der Waals surface area contributed by atoms with E-state index in [0.29, 0.717) is 12.8 Å². The van der Waals surface area contributed by atoms with E-state index in [4.69, 9.17) is 0 Å². The van der Waals surface area contributed by atoms with Gasteiger partial charge in [-0.2, -0.15) is 8.42 Å². The van der Waals surface area contributed by atoms with Crippen molar-refractivity contribution in [2.24, 2.45) is 0 Å². The van der Waals surface area contributed by atoms with Gasteiger partial charge in [-0.15, -0.1) is 0 Å². The Morgan fingerprint density at radius 2 is 0.931 bits per heavy atom. The third-order valence-corrected chi connectivity index (χ3v) is 7.25. The molecule has 4 nitrogen and oxygen atoms in total. The highest BCUT2D eigenvalue weighted by Crippen LogP contribution is 2.20. The van der Waals surface area contributed by atoms with Gasteiger partial charge in [-0.3, -0.25) is 4.55 Å². The lowest BCUT2D eigenvalue weighted by atomic mass is 10.0. The van der Waals surface area contributed by atoms with Crippen molar-refractivity contribution in [3.8, 4) is 0 Å². The molecule has 0 saturated carbocycles. The number of unbranched alkanes of at least 4 members (excludes halogenated alkanes) is 15. The van der Waals surface area contributed by atoms with E-state index >= 15 is 0 Å². The molecule has 29 heavy (non-hydrogen) atoms. The van der Waals surface area contributed by atoms with Crippen molar-refractivity contribution in [3.05, 3.63) is 0 Å². The molecule has 0 aliphatic rings. The maximum Gasteiger partial charge on any atom is 0.267 e. The minimum atomic E-state index is -4.07. The van der Waals surface area contributed by atoms with Gasteiger partial charge in [0.2, 0.25) is 0 Å². The fourth-order valence-electron chi connectivity index (χ4n) is 4.01. The van der Waals surface area contributed by atoms with Crippen molar-refractivity contribution in [3.63, 3.8) is 0 Å². The number of aliphatic hydroxyl groups excluding tert-OH is 1. The van der Waals surface area contributed by atoms with Crippen molar-refractivity contribution in [2.75, 3.05) is 0 Å². The van der Waals surface area contributed by atoms with Crippen LogP contribution in [0.25, 0.3) is 0 Å². The Hall–Kier alpha value is -0.130. The smallest absolute Gasteiger partial charge is 0.267 e. The summed E-state index contributed by atoms with van der Waals surface area (Å²) in [5.41, 5.74) is 0. The van der Waals surface area contributed by atoms with E-state index in [1.807, 2.05) is 0 Å². The third-order valence-electron chi connectivity index (χ3n) is 5.98. The lowest BCUT2D eigenvalue weighted by Crippen LogP contribution is -2.26. The van der Waals surface area contributed by atoms with Gasteiger partial charge in [-0.25, -0.2) is 0 Å². The highest BCUT2D eigenvalue weighted by molar-refractivity contribution is 7.86. The standard InChI is InChI=1S/C24H50O4S/c1-3-5-7-9-11-12-13-15-16-18-20-23(25)22-24(29(26,27)28)21-19-17-14-10-8-6-4-2/h23-25H,3-22H2,1-2H3,(H,26,27,28). The maximum absolute atomic E-state index is 11.7. The number of hydrogen-bond donors (Lipinski definition) is 2. The van der Waals surface area contributed by atoms with Gasteiger partial charge in [0, 0.05) is 0 Å². The van der Waals surface area contributed by atoms with Crippen LogP contribution in [0.3, 0.4) is 0 Å². The molecule has 0 aliphatic carbocycles. The summed E-state index contributed by atoms with van der Waals surface area (Å²) in [4.78, 5) is 0. The van der Waals surface area contributed by atoms with Crippen molar-refractivity contribution in [1.82, 2.24) is 0 Å². The Balaban J connectivity index is 3.81. The minimum Gasteiger partial charge on any atom is -0.393 e. The van der Waals surface area contributed by atoms with E-state index in [1.165, 1.54) is 77.0 Å². The average Bonchev–Trinajstić information content (AvgIpc) is 2.67. The molecule has 2 atom stereocenters. The average molecular weight is 435 g/mol. The fraction of sp³-hybridized carbons (Fsp3) is 1.00. The van der Waals surface area contributed by atoms with Crippen molar-refractivity contribution in [2.45, 2.75) is 154 Å². The molecule has 0 bridgehead atoms. The van der Waals surface area contributed by atoms with E-state index in [-0.39, 0.29) is 6.42 Å². The van der Waals surface area contributed by atoms with E-state index in [2.05, 4.69) is 13.8 Å². The Kier molecular flexibility index (Phi) is 19.7. The molecule has 2 unspecified atom stereocenters. The summed E-state index contributed by atoms with van der Waals surface area (Å²) in [7, 11) is -4.07. The lowest BCUT2D eigenvalue weighted by Gasteiger charge is -2.18. The van der Waals surface area contributed by atoms with Crippen LogP contribution in [0, 0.1) is 0 Å². The first-order chi connectivity index (χ1) is 13.9. The van der Waals surface area contributed by atoms with Gasteiger partial charge in [-0.1, -0.05) is 123 Å². The van der Waals surface area contributed by atoms with Gasteiger partial charge in [0.25, 0.3) is 10.1 Å². The first-order valence-electron chi connectivity index (χ1n) is 12.6. The Bertz CT molecular complexity index is 436. The van der Waals surface area contributed by atoms with Gasteiger partial charge >= 0.3 is 0 Å². The van der Waals surface area contributed by atoms with Gasteiger partial charge < -0.3 is 5.11 Å². The van der Waals surface area contributed by atoms with Crippen LogP contribution in [0.1, 0.15) is 142 Å². The zero-order valence-electron chi connectivity index (χ0n) is 19.4. The molecule has 0 radical (unpaired) electrons. The molecule has 176 valence electrons. The SMILES string of the molecule is CCCCCCCCCCCCC(O)CC(CCCCCCCCC)S(=O)(=O)O. The molecule has 0 aromatic rings. The third kappa shape index (κ3) is 19.6. The van der Waals surface area contributed by atoms with E-state index in [0.717, 1.165) is 32.1 Å². The molecule has 0 saturated heterocycles. The Labute approximate surface area is 182 Å². The predicted molar refractivity (Wildman–Crippen MR) is 125 cm³/mol. The monoisotopic (exact) mass is 434 g/mol. The summed E-state index contributed by atoms with van der Waals surface area (Å²) in [6.07, 6.45) is 21.0. The molecular formula is C24H50O4S. The first kappa shape index (κ1) is 28.9. The number of aliphatic hydroxyl groups is 1. The van der Waals surface area contributed by atoms with Crippen LogP contribution in [-0.4, -0.2) is 29.4 Å². The summed E-state index contributed by atoms with van der Waals surface area (Å²) in [5.74, 6) is 0. The molecule has 0 spiro atoms. The van der Waals surface area contributed by atoms with Crippen LogP contribution in [0.4, 0.5) is 0 Å².